The van der Waals surface area contributed by atoms with Crippen LogP contribution in [-0.2, 0) is 4.84 Å². The van der Waals surface area contributed by atoms with Crippen molar-refractivity contribution in [2.45, 2.75) is 33.3 Å². The molecule has 23 heavy (non-hydrogen) atoms. The number of rotatable bonds is 3. The lowest BCUT2D eigenvalue weighted by atomic mass is 10.0. The number of aromatic nitrogens is 1. The van der Waals surface area contributed by atoms with E-state index in [9.17, 15) is 15.4 Å². The van der Waals surface area contributed by atoms with Gasteiger partial charge in [-0.05, 0) is 45.9 Å². The second-order valence-corrected chi connectivity index (χ2v) is 6.23. The molecule has 0 fully saturated rings. The molecule has 0 saturated carbocycles. The molecule has 1 aromatic carbocycles. The Hall–Kier alpha value is -2.76. The Bertz CT molecular complexity index is 728. The van der Waals surface area contributed by atoms with Crippen molar-refractivity contribution in [2.24, 2.45) is 5.16 Å². The summed E-state index contributed by atoms with van der Waals surface area (Å²) in [6, 6.07) is 7.71. The third-order valence-corrected chi connectivity index (χ3v) is 2.98. The molecule has 6 heteroatoms. The number of aromatic hydroxyl groups is 2. The Labute approximate surface area is 134 Å². The highest BCUT2D eigenvalue weighted by Gasteiger charge is 2.26. The fraction of sp³-hybridized carbons (Fsp3) is 0.294. The van der Waals surface area contributed by atoms with Crippen LogP contribution in [0, 0.1) is 12.1 Å². The van der Waals surface area contributed by atoms with Crippen LogP contribution >= 0.6 is 0 Å². The number of hydrogen-bond acceptors (Lipinski definition) is 5. The molecule has 2 N–H and O–H groups in total. The second-order valence-electron chi connectivity index (χ2n) is 6.23. The van der Waals surface area contributed by atoms with Crippen molar-refractivity contribution in [3.63, 3.8) is 0 Å². The number of phenols is 1. The summed E-state index contributed by atoms with van der Waals surface area (Å²) in [6.07, 6.45) is 1.24. The second kappa shape index (κ2) is 6.16. The van der Waals surface area contributed by atoms with Crippen LogP contribution in [0.25, 0.3) is 0 Å². The monoisotopic (exact) mass is 316 g/mol. The fourth-order valence-corrected chi connectivity index (χ4v) is 1.95. The van der Waals surface area contributed by atoms with Crippen LogP contribution in [0.3, 0.4) is 0 Å². The lowest BCUT2D eigenvalue weighted by molar-refractivity contribution is -0.607. The Kier molecular flexibility index (Phi) is 4.45. The molecule has 1 aromatic heterocycles. The quantitative estimate of drug-likeness (QED) is 0.394. The zero-order valence-corrected chi connectivity index (χ0v) is 13.6. The van der Waals surface area contributed by atoms with Crippen LogP contribution in [0.4, 0.5) is 0 Å². The Morgan fingerprint density at radius 2 is 1.87 bits per heavy atom. The van der Waals surface area contributed by atoms with Crippen LogP contribution < -0.4 is 4.73 Å². The maximum Gasteiger partial charge on any atom is 0.288 e. The molecule has 0 spiro atoms. The molecule has 0 saturated heterocycles. The number of oxime groups is 1. The van der Waals surface area contributed by atoms with Crippen LogP contribution in [0.2, 0.25) is 0 Å². The summed E-state index contributed by atoms with van der Waals surface area (Å²) in [4.78, 5) is 5.42. The van der Waals surface area contributed by atoms with Crippen molar-refractivity contribution in [3.05, 3.63) is 58.6 Å². The van der Waals surface area contributed by atoms with Crippen LogP contribution in [0.5, 0.6) is 11.5 Å². The summed E-state index contributed by atoms with van der Waals surface area (Å²) >= 11 is 0. The zero-order valence-electron chi connectivity index (χ0n) is 13.6. The largest absolute Gasteiger partial charge is 0.618 e. The van der Waals surface area contributed by atoms with Gasteiger partial charge in [-0.2, -0.15) is 4.73 Å². The predicted molar refractivity (Wildman–Crippen MR) is 86.4 cm³/mol. The molecule has 2 aromatic rings. The molecule has 6 nitrogen and oxygen atoms in total. The minimum absolute atomic E-state index is 0.0601. The highest BCUT2D eigenvalue weighted by Crippen LogP contribution is 2.25. The van der Waals surface area contributed by atoms with Gasteiger partial charge < -0.3 is 20.3 Å². The molecule has 0 unspecified atom stereocenters. The van der Waals surface area contributed by atoms with Crippen molar-refractivity contribution in [1.82, 2.24) is 0 Å². The zero-order chi connectivity index (χ0) is 17.2. The van der Waals surface area contributed by atoms with Crippen molar-refractivity contribution in [3.8, 4) is 11.5 Å². The van der Waals surface area contributed by atoms with Crippen molar-refractivity contribution in [1.29, 1.82) is 0 Å². The third kappa shape index (κ3) is 3.91. The van der Waals surface area contributed by atoms with Crippen LogP contribution in [0.1, 0.15) is 37.6 Å². The molecule has 0 aliphatic carbocycles. The summed E-state index contributed by atoms with van der Waals surface area (Å²) in [5.41, 5.74) is 0.560. The normalized spacial score (nSPS) is 12.3. The van der Waals surface area contributed by atoms with E-state index in [1.807, 2.05) is 6.92 Å². The third-order valence-electron chi connectivity index (χ3n) is 2.98. The highest BCUT2D eigenvalue weighted by atomic mass is 16.6. The van der Waals surface area contributed by atoms with Crippen molar-refractivity contribution in [2.75, 3.05) is 0 Å². The van der Waals surface area contributed by atoms with E-state index in [1.54, 1.807) is 32.9 Å². The number of benzene rings is 1. The summed E-state index contributed by atoms with van der Waals surface area (Å²) in [5, 5.41) is 36.4. The number of aryl methyl sites for hydroxylation is 1. The Balaban J connectivity index is 2.68. The van der Waals surface area contributed by atoms with Gasteiger partial charge in [0.05, 0.1) is 5.56 Å². The standard InChI is InChI=1S/C17H20N2O4/c1-11-7-8-13(20)12(10-11)15(18-23-17(2,3)4)16-14(21)6-5-9-19(16)22/h5-10,20-21H,1-4H3. The maximum absolute atomic E-state index is 12.1. The molecule has 0 bridgehead atoms. The smallest absolute Gasteiger partial charge is 0.288 e. The molecular weight excluding hydrogens is 296 g/mol. The topological polar surface area (TPSA) is 89.0 Å². The Morgan fingerprint density at radius 3 is 2.48 bits per heavy atom. The first-order valence-corrected chi connectivity index (χ1v) is 7.17. The first-order valence-electron chi connectivity index (χ1n) is 7.17. The van der Waals surface area contributed by atoms with Gasteiger partial charge in [0, 0.05) is 6.07 Å². The number of phenolic OH excluding ortho intramolecular Hbond substituents is 1. The van der Waals surface area contributed by atoms with Gasteiger partial charge in [-0.15, -0.1) is 0 Å². The summed E-state index contributed by atoms with van der Waals surface area (Å²) in [5.74, 6) is -0.310. The minimum atomic E-state index is -0.594. The van der Waals surface area contributed by atoms with E-state index in [1.165, 1.54) is 24.4 Å². The average molecular weight is 316 g/mol. The first-order chi connectivity index (χ1) is 10.7. The van der Waals surface area contributed by atoms with Gasteiger partial charge in [0.1, 0.15) is 11.4 Å². The molecule has 122 valence electrons. The van der Waals surface area contributed by atoms with Gasteiger partial charge in [-0.1, -0.05) is 16.8 Å². The Morgan fingerprint density at radius 1 is 1.17 bits per heavy atom. The highest BCUT2D eigenvalue weighted by molar-refractivity contribution is 6.13. The molecule has 2 rings (SSSR count). The summed E-state index contributed by atoms with van der Waals surface area (Å²) < 4.78 is 0.488. The molecule has 0 atom stereocenters. The molecule has 0 radical (unpaired) electrons. The maximum atomic E-state index is 12.1. The minimum Gasteiger partial charge on any atom is -0.618 e. The van der Waals surface area contributed by atoms with Gasteiger partial charge >= 0.3 is 0 Å². The van der Waals surface area contributed by atoms with E-state index in [-0.39, 0.29) is 22.9 Å². The van der Waals surface area contributed by atoms with E-state index in [4.69, 9.17) is 4.84 Å². The van der Waals surface area contributed by atoms with Gasteiger partial charge in [-0.25, -0.2) is 0 Å². The number of nitrogens with zero attached hydrogens (tertiary/aromatic N) is 2. The average Bonchev–Trinajstić information content (AvgIpc) is 2.44. The SMILES string of the molecule is Cc1ccc(O)c(C(=NOC(C)(C)C)c2c(O)ccc[n+]2[O-])c1. The number of hydrogen-bond donors (Lipinski definition) is 2. The van der Waals surface area contributed by atoms with Crippen molar-refractivity contribution < 1.29 is 19.8 Å². The molecule has 0 aliphatic heterocycles. The number of pyridine rings is 1. The van der Waals surface area contributed by atoms with Gasteiger partial charge in [-0.3, -0.25) is 0 Å². The van der Waals surface area contributed by atoms with E-state index >= 15 is 0 Å². The van der Waals surface area contributed by atoms with E-state index in [0.29, 0.717) is 10.3 Å². The van der Waals surface area contributed by atoms with Crippen LogP contribution in [-0.4, -0.2) is 21.5 Å². The fourth-order valence-electron chi connectivity index (χ4n) is 1.95. The van der Waals surface area contributed by atoms with Gasteiger partial charge in [0.15, 0.2) is 17.7 Å². The molecular formula is C17H20N2O4. The first kappa shape index (κ1) is 16.6. The summed E-state index contributed by atoms with van der Waals surface area (Å²) in [6.45, 7) is 7.27. The van der Waals surface area contributed by atoms with Crippen LogP contribution in [0.15, 0.2) is 41.7 Å². The van der Waals surface area contributed by atoms with Gasteiger partial charge in [0.25, 0.3) is 5.69 Å². The van der Waals surface area contributed by atoms with Gasteiger partial charge in [0.2, 0.25) is 0 Å². The lowest BCUT2D eigenvalue weighted by Gasteiger charge is -2.17. The predicted octanol–water partition coefficient (Wildman–Crippen LogP) is 2.61. The van der Waals surface area contributed by atoms with Crippen molar-refractivity contribution >= 4 is 5.71 Å². The van der Waals surface area contributed by atoms with E-state index in [0.717, 1.165) is 5.56 Å². The molecule has 1 heterocycles. The lowest BCUT2D eigenvalue weighted by Crippen LogP contribution is -2.35. The van der Waals surface area contributed by atoms with E-state index < -0.39 is 5.60 Å². The summed E-state index contributed by atoms with van der Waals surface area (Å²) in [7, 11) is 0. The molecule has 0 aliphatic rings. The van der Waals surface area contributed by atoms with E-state index in [2.05, 4.69) is 5.16 Å². The molecule has 0 amide bonds.